The number of fused-ring (bicyclic) bond motifs is 3. The standard InChI is InChI=1S/C19H16IN3O3/c1-18(2)6-13(24)15-14(7-18)26-16(22)11(8-21)19(15)10-5-9(20)3-4-12(10)23-17(19)25/h3-5H,6-7,22H2,1-2H3,(H,23,25). The fraction of sp³-hybridized carbons (Fsp3) is 0.316. The second kappa shape index (κ2) is 5.33. The van der Waals surface area contributed by atoms with Crippen molar-refractivity contribution in [3.63, 3.8) is 0 Å². The van der Waals surface area contributed by atoms with Gasteiger partial charge in [0.25, 0.3) is 0 Å². The maximum atomic E-state index is 13.2. The van der Waals surface area contributed by atoms with Crippen LogP contribution >= 0.6 is 22.6 Å². The highest BCUT2D eigenvalue weighted by Gasteiger charge is 2.60. The Morgan fingerprint density at radius 2 is 2.04 bits per heavy atom. The minimum Gasteiger partial charge on any atom is -0.444 e. The van der Waals surface area contributed by atoms with E-state index in [1.807, 2.05) is 32.0 Å². The molecule has 1 unspecified atom stereocenters. The average Bonchev–Trinajstić information content (AvgIpc) is 2.79. The molecule has 3 aliphatic rings. The molecular formula is C19H16IN3O3. The molecule has 132 valence electrons. The first-order valence-electron chi connectivity index (χ1n) is 8.17. The second-order valence-electron chi connectivity index (χ2n) is 7.59. The van der Waals surface area contributed by atoms with Crippen LogP contribution in [0.2, 0.25) is 0 Å². The SMILES string of the molecule is CC1(C)CC(=O)C2=C(C1)OC(N)=C(C#N)C21C(=O)Nc2ccc(I)cc21. The van der Waals surface area contributed by atoms with Gasteiger partial charge in [0.2, 0.25) is 11.8 Å². The number of carbonyl (C=O) groups excluding carboxylic acids is 2. The van der Waals surface area contributed by atoms with Crippen molar-refractivity contribution in [3.05, 3.63) is 50.1 Å². The van der Waals surface area contributed by atoms with Gasteiger partial charge in [-0.25, -0.2) is 0 Å². The predicted octanol–water partition coefficient (Wildman–Crippen LogP) is 2.85. The van der Waals surface area contributed by atoms with Crippen LogP contribution < -0.4 is 11.1 Å². The average molecular weight is 461 g/mol. The van der Waals surface area contributed by atoms with E-state index in [1.54, 1.807) is 6.07 Å². The molecule has 1 amide bonds. The molecule has 3 N–H and O–H groups in total. The monoisotopic (exact) mass is 461 g/mol. The van der Waals surface area contributed by atoms with Gasteiger partial charge in [0, 0.05) is 27.7 Å². The topological polar surface area (TPSA) is 105 Å². The molecule has 1 atom stereocenters. The maximum Gasteiger partial charge on any atom is 0.245 e. The van der Waals surface area contributed by atoms with Gasteiger partial charge in [-0.3, -0.25) is 9.59 Å². The number of halogens is 1. The van der Waals surface area contributed by atoms with Crippen molar-refractivity contribution in [3.8, 4) is 6.07 Å². The first-order valence-corrected chi connectivity index (χ1v) is 9.25. The van der Waals surface area contributed by atoms with E-state index in [2.05, 4.69) is 27.9 Å². The van der Waals surface area contributed by atoms with Crippen LogP contribution in [0.25, 0.3) is 0 Å². The van der Waals surface area contributed by atoms with E-state index in [4.69, 9.17) is 10.5 Å². The van der Waals surface area contributed by atoms with Crippen molar-refractivity contribution < 1.29 is 14.3 Å². The number of nitrogens with one attached hydrogen (secondary N) is 1. The first kappa shape index (κ1) is 17.1. The number of nitrogens with two attached hydrogens (primary N) is 1. The molecule has 1 aliphatic carbocycles. The van der Waals surface area contributed by atoms with Crippen LogP contribution in [-0.4, -0.2) is 11.7 Å². The largest absolute Gasteiger partial charge is 0.444 e. The van der Waals surface area contributed by atoms with Gasteiger partial charge in [0.05, 0.1) is 5.57 Å². The van der Waals surface area contributed by atoms with Crippen LogP contribution in [0.4, 0.5) is 5.69 Å². The Bertz CT molecular complexity index is 1000. The van der Waals surface area contributed by atoms with Crippen molar-refractivity contribution in [1.82, 2.24) is 0 Å². The summed E-state index contributed by atoms with van der Waals surface area (Å²) in [5.74, 6) is -0.334. The molecule has 1 aromatic carbocycles. The quantitative estimate of drug-likeness (QED) is 0.579. The van der Waals surface area contributed by atoms with Crippen LogP contribution in [0.3, 0.4) is 0 Å². The number of allylic oxidation sites excluding steroid dienone is 1. The zero-order valence-corrected chi connectivity index (χ0v) is 16.4. The Labute approximate surface area is 164 Å². The van der Waals surface area contributed by atoms with Gasteiger partial charge in [-0.15, -0.1) is 0 Å². The number of ether oxygens (including phenoxy) is 1. The number of carbonyl (C=O) groups is 2. The van der Waals surface area contributed by atoms with Crippen LogP contribution in [0.5, 0.6) is 0 Å². The van der Waals surface area contributed by atoms with E-state index in [1.165, 1.54) is 0 Å². The molecule has 0 aromatic heterocycles. The molecule has 0 saturated heterocycles. The van der Waals surface area contributed by atoms with Crippen molar-refractivity contribution in [2.24, 2.45) is 11.1 Å². The predicted molar refractivity (Wildman–Crippen MR) is 102 cm³/mol. The lowest BCUT2D eigenvalue weighted by Crippen LogP contribution is -2.48. The van der Waals surface area contributed by atoms with Crippen LogP contribution in [-0.2, 0) is 19.7 Å². The second-order valence-corrected chi connectivity index (χ2v) is 8.83. The number of benzene rings is 1. The summed E-state index contributed by atoms with van der Waals surface area (Å²) >= 11 is 2.14. The summed E-state index contributed by atoms with van der Waals surface area (Å²) in [7, 11) is 0. The Kier molecular flexibility index (Phi) is 3.50. The van der Waals surface area contributed by atoms with Gasteiger partial charge < -0.3 is 15.8 Å². The molecule has 6 nitrogen and oxygen atoms in total. The van der Waals surface area contributed by atoms with Crippen molar-refractivity contribution in [2.75, 3.05) is 5.32 Å². The summed E-state index contributed by atoms with van der Waals surface area (Å²) < 4.78 is 6.59. The molecule has 1 aromatic rings. The lowest BCUT2D eigenvalue weighted by molar-refractivity contribution is -0.124. The summed E-state index contributed by atoms with van der Waals surface area (Å²) in [6.07, 6.45) is 0.754. The Morgan fingerprint density at radius 1 is 1.31 bits per heavy atom. The van der Waals surface area contributed by atoms with E-state index in [0.29, 0.717) is 23.4 Å². The van der Waals surface area contributed by atoms with Gasteiger partial charge in [0.1, 0.15) is 22.8 Å². The maximum absolute atomic E-state index is 13.2. The third-order valence-electron chi connectivity index (χ3n) is 5.15. The Morgan fingerprint density at radius 3 is 2.73 bits per heavy atom. The number of ketones is 1. The highest BCUT2D eigenvalue weighted by atomic mass is 127. The molecule has 1 spiro atoms. The third kappa shape index (κ3) is 2.08. The molecule has 2 heterocycles. The fourth-order valence-corrected chi connectivity index (χ4v) is 4.66. The summed E-state index contributed by atoms with van der Waals surface area (Å²) in [5, 5.41) is 12.6. The highest BCUT2D eigenvalue weighted by Crippen LogP contribution is 2.55. The van der Waals surface area contributed by atoms with Gasteiger partial charge >= 0.3 is 0 Å². The van der Waals surface area contributed by atoms with Gasteiger partial charge in [-0.1, -0.05) is 13.8 Å². The number of Topliss-reactive ketones (excluding diaryl/α,β-unsaturated/α-hetero) is 1. The van der Waals surface area contributed by atoms with Crippen LogP contribution in [0, 0.1) is 20.3 Å². The van der Waals surface area contributed by atoms with Crippen molar-refractivity contribution in [1.29, 1.82) is 5.26 Å². The van der Waals surface area contributed by atoms with Crippen molar-refractivity contribution in [2.45, 2.75) is 32.1 Å². The Hall–Kier alpha value is -2.34. The molecule has 0 saturated carbocycles. The normalized spacial score (nSPS) is 26.2. The van der Waals surface area contributed by atoms with Crippen LogP contribution in [0.1, 0.15) is 32.3 Å². The molecule has 0 bridgehead atoms. The smallest absolute Gasteiger partial charge is 0.245 e. The van der Waals surface area contributed by atoms with Gasteiger partial charge in [0.15, 0.2) is 5.78 Å². The summed E-state index contributed by atoms with van der Waals surface area (Å²) in [5.41, 5.74) is 5.61. The van der Waals surface area contributed by atoms with E-state index in [9.17, 15) is 14.9 Å². The summed E-state index contributed by atoms with van der Waals surface area (Å²) in [4.78, 5) is 26.3. The van der Waals surface area contributed by atoms with E-state index >= 15 is 0 Å². The van der Waals surface area contributed by atoms with E-state index < -0.39 is 11.3 Å². The molecule has 26 heavy (non-hydrogen) atoms. The fourth-order valence-electron chi connectivity index (χ4n) is 4.17. The number of hydrogen-bond acceptors (Lipinski definition) is 5. The summed E-state index contributed by atoms with van der Waals surface area (Å²) in [6.45, 7) is 3.94. The number of rotatable bonds is 0. The minimum absolute atomic E-state index is 0.0254. The molecule has 0 fully saturated rings. The highest BCUT2D eigenvalue weighted by molar-refractivity contribution is 14.1. The van der Waals surface area contributed by atoms with Gasteiger partial charge in [-0.2, -0.15) is 5.26 Å². The van der Waals surface area contributed by atoms with E-state index in [-0.39, 0.29) is 34.6 Å². The molecule has 4 rings (SSSR count). The minimum atomic E-state index is -1.53. The summed E-state index contributed by atoms with van der Waals surface area (Å²) in [6, 6.07) is 7.49. The number of nitrogens with zero attached hydrogens (tertiary/aromatic N) is 1. The number of nitriles is 1. The molecular weight excluding hydrogens is 445 g/mol. The lowest BCUT2D eigenvalue weighted by Gasteiger charge is -2.41. The van der Waals surface area contributed by atoms with Crippen LogP contribution in [0.15, 0.2) is 41.0 Å². The number of anilines is 1. The number of hydrogen-bond donors (Lipinski definition) is 2. The van der Waals surface area contributed by atoms with Crippen molar-refractivity contribution >= 4 is 40.0 Å². The first-order chi connectivity index (χ1) is 12.2. The lowest BCUT2D eigenvalue weighted by atomic mass is 9.62. The van der Waals surface area contributed by atoms with E-state index in [0.717, 1.165) is 3.57 Å². The molecule has 0 radical (unpaired) electrons. The zero-order valence-electron chi connectivity index (χ0n) is 14.3. The third-order valence-corrected chi connectivity index (χ3v) is 5.82. The molecule has 2 aliphatic heterocycles. The number of amides is 1. The Balaban J connectivity index is 2.10. The zero-order chi connectivity index (χ0) is 18.9. The van der Waals surface area contributed by atoms with Gasteiger partial charge in [-0.05, 0) is 46.2 Å². The molecule has 7 heteroatoms.